The molecule has 0 aliphatic heterocycles. The Bertz CT molecular complexity index is 823. The van der Waals surface area contributed by atoms with Crippen molar-refractivity contribution in [2.24, 2.45) is 0 Å². The normalized spacial score (nSPS) is 10.3. The van der Waals surface area contributed by atoms with Crippen LogP contribution in [0, 0.1) is 0 Å². The number of hydrogen-bond acceptors (Lipinski definition) is 5. The van der Waals surface area contributed by atoms with E-state index in [0.717, 1.165) is 5.56 Å². The maximum absolute atomic E-state index is 12.1. The standard InChI is InChI=1S/C19H18F2N2O5/c1-12(24)22-10-13-2-4-14(5-3-13)18(26)27-11-17(25)23-15-6-8-16(9-7-15)28-19(20)21/h2-9,19H,10-11H2,1H3,(H,22,24)(H,23,25). The van der Waals surface area contributed by atoms with Crippen LogP contribution >= 0.6 is 0 Å². The molecule has 148 valence electrons. The monoisotopic (exact) mass is 392 g/mol. The minimum atomic E-state index is -2.93. The van der Waals surface area contributed by atoms with Crippen LogP contribution < -0.4 is 15.4 Å². The molecule has 2 N–H and O–H groups in total. The molecule has 2 rings (SSSR count). The first-order valence-electron chi connectivity index (χ1n) is 8.18. The van der Waals surface area contributed by atoms with E-state index in [0.29, 0.717) is 12.2 Å². The fourth-order valence-electron chi connectivity index (χ4n) is 2.12. The number of amides is 2. The lowest BCUT2D eigenvalue weighted by atomic mass is 10.1. The zero-order valence-corrected chi connectivity index (χ0v) is 14.9. The highest BCUT2D eigenvalue weighted by Gasteiger charge is 2.11. The average molecular weight is 392 g/mol. The Morgan fingerprint density at radius 1 is 1.00 bits per heavy atom. The summed E-state index contributed by atoms with van der Waals surface area (Å²) in [5.74, 6) is -1.47. The molecule has 0 atom stereocenters. The average Bonchev–Trinajstić information content (AvgIpc) is 2.66. The molecule has 0 saturated carbocycles. The molecule has 0 spiro atoms. The van der Waals surface area contributed by atoms with Gasteiger partial charge in [0.15, 0.2) is 6.61 Å². The van der Waals surface area contributed by atoms with Crippen LogP contribution in [0.4, 0.5) is 14.5 Å². The number of carbonyl (C=O) groups is 3. The molecule has 0 aromatic heterocycles. The van der Waals surface area contributed by atoms with E-state index in [2.05, 4.69) is 15.4 Å². The Labute approximate surface area is 159 Å². The molecular formula is C19H18F2N2O5. The van der Waals surface area contributed by atoms with Crippen molar-refractivity contribution >= 4 is 23.5 Å². The predicted molar refractivity (Wildman–Crippen MR) is 95.9 cm³/mol. The Morgan fingerprint density at radius 2 is 1.64 bits per heavy atom. The summed E-state index contributed by atoms with van der Waals surface area (Å²) < 4.78 is 33.3. The minimum Gasteiger partial charge on any atom is -0.452 e. The molecule has 2 aromatic carbocycles. The number of esters is 1. The van der Waals surface area contributed by atoms with Crippen LogP contribution in [-0.4, -0.2) is 31.0 Å². The molecule has 2 aromatic rings. The largest absolute Gasteiger partial charge is 0.452 e. The van der Waals surface area contributed by atoms with Crippen molar-refractivity contribution in [3.63, 3.8) is 0 Å². The zero-order valence-electron chi connectivity index (χ0n) is 14.9. The second-order valence-electron chi connectivity index (χ2n) is 5.63. The summed E-state index contributed by atoms with van der Waals surface area (Å²) in [6, 6.07) is 11.7. The number of hydrogen-bond donors (Lipinski definition) is 2. The third-order valence-corrected chi connectivity index (χ3v) is 3.43. The highest BCUT2D eigenvalue weighted by atomic mass is 19.3. The second-order valence-corrected chi connectivity index (χ2v) is 5.63. The zero-order chi connectivity index (χ0) is 20.5. The number of carbonyl (C=O) groups excluding carboxylic acids is 3. The first-order valence-corrected chi connectivity index (χ1v) is 8.18. The smallest absolute Gasteiger partial charge is 0.387 e. The van der Waals surface area contributed by atoms with Gasteiger partial charge in [-0.25, -0.2) is 4.79 Å². The Balaban J connectivity index is 1.80. The lowest BCUT2D eigenvalue weighted by Crippen LogP contribution is -2.21. The number of benzene rings is 2. The third kappa shape index (κ3) is 7.02. The van der Waals surface area contributed by atoms with Crippen molar-refractivity contribution in [1.29, 1.82) is 0 Å². The summed E-state index contributed by atoms with van der Waals surface area (Å²) in [4.78, 5) is 34.7. The molecule has 7 nitrogen and oxygen atoms in total. The van der Waals surface area contributed by atoms with E-state index in [1.54, 1.807) is 12.1 Å². The summed E-state index contributed by atoms with van der Waals surface area (Å²) in [5.41, 5.74) is 1.40. The van der Waals surface area contributed by atoms with Crippen molar-refractivity contribution in [2.45, 2.75) is 20.1 Å². The molecule has 0 radical (unpaired) electrons. The van der Waals surface area contributed by atoms with Crippen LogP contribution in [0.25, 0.3) is 0 Å². The van der Waals surface area contributed by atoms with E-state index in [-0.39, 0.29) is 17.2 Å². The Kier molecular flexibility index (Phi) is 7.44. The van der Waals surface area contributed by atoms with E-state index in [1.165, 1.54) is 43.3 Å². The van der Waals surface area contributed by atoms with E-state index >= 15 is 0 Å². The summed E-state index contributed by atoms with van der Waals surface area (Å²) in [6.45, 7) is -1.70. The van der Waals surface area contributed by atoms with Crippen molar-refractivity contribution in [3.05, 3.63) is 59.7 Å². The van der Waals surface area contributed by atoms with Crippen LogP contribution in [0.15, 0.2) is 48.5 Å². The van der Waals surface area contributed by atoms with Crippen LogP contribution in [0.5, 0.6) is 5.75 Å². The van der Waals surface area contributed by atoms with Gasteiger partial charge >= 0.3 is 12.6 Å². The second kappa shape index (κ2) is 10.0. The van der Waals surface area contributed by atoms with E-state index in [9.17, 15) is 23.2 Å². The quantitative estimate of drug-likeness (QED) is 0.674. The summed E-state index contributed by atoms with van der Waals surface area (Å²) in [6.07, 6.45) is 0. The molecule has 0 fully saturated rings. The van der Waals surface area contributed by atoms with E-state index in [4.69, 9.17) is 4.74 Å². The number of rotatable bonds is 8. The Hall–Kier alpha value is -3.49. The molecule has 0 aliphatic rings. The maximum atomic E-state index is 12.1. The van der Waals surface area contributed by atoms with Crippen LogP contribution in [0.2, 0.25) is 0 Å². The summed E-state index contributed by atoms with van der Waals surface area (Å²) in [5, 5.41) is 5.10. The van der Waals surface area contributed by atoms with Gasteiger partial charge in [-0.15, -0.1) is 0 Å². The van der Waals surface area contributed by atoms with Crippen LogP contribution in [0.3, 0.4) is 0 Å². The van der Waals surface area contributed by atoms with E-state index < -0.39 is 25.1 Å². The van der Waals surface area contributed by atoms with Crippen molar-refractivity contribution in [1.82, 2.24) is 5.32 Å². The SMILES string of the molecule is CC(=O)NCc1ccc(C(=O)OCC(=O)Nc2ccc(OC(F)F)cc2)cc1. The maximum Gasteiger partial charge on any atom is 0.387 e. The third-order valence-electron chi connectivity index (χ3n) is 3.43. The number of ether oxygens (including phenoxy) is 2. The van der Waals surface area contributed by atoms with Gasteiger partial charge in [0.2, 0.25) is 5.91 Å². The highest BCUT2D eigenvalue weighted by molar-refractivity contribution is 5.95. The molecule has 0 aliphatic carbocycles. The fourth-order valence-corrected chi connectivity index (χ4v) is 2.12. The van der Waals surface area contributed by atoms with Crippen molar-refractivity contribution in [3.8, 4) is 5.75 Å². The minimum absolute atomic E-state index is 0.0404. The van der Waals surface area contributed by atoms with Gasteiger partial charge < -0.3 is 20.1 Å². The van der Waals surface area contributed by atoms with Gasteiger partial charge in [-0.3, -0.25) is 9.59 Å². The molecule has 0 heterocycles. The van der Waals surface area contributed by atoms with Gasteiger partial charge in [-0.05, 0) is 42.0 Å². The lowest BCUT2D eigenvalue weighted by molar-refractivity contribution is -0.119. The number of nitrogens with one attached hydrogen (secondary N) is 2. The summed E-state index contributed by atoms with van der Waals surface area (Å²) in [7, 11) is 0. The van der Waals surface area contributed by atoms with Gasteiger partial charge in [-0.2, -0.15) is 8.78 Å². The van der Waals surface area contributed by atoms with Gasteiger partial charge in [0.05, 0.1) is 5.56 Å². The lowest BCUT2D eigenvalue weighted by Gasteiger charge is -2.08. The highest BCUT2D eigenvalue weighted by Crippen LogP contribution is 2.17. The van der Waals surface area contributed by atoms with Crippen LogP contribution in [0.1, 0.15) is 22.8 Å². The number of halogens is 2. The fraction of sp³-hybridized carbons (Fsp3) is 0.211. The number of anilines is 1. The van der Waals surface area contributed by atoms with Crippen molar-refractivity contribution in [2.75, 3.05) is 11.9 Å². The molecule has 28 heavy (non-hydrogen) atoms. The van der Waals surface area contributed by atoms with Crippen molar-refractivity contribution < 1.29 is 32.6 Å². The predicted octanol–water partition coefficient (Wildman–Crippen LogP) is 2.72. The van der Waals surface area contributed by atoms with Gasteiger partial charge in [-0.1, -0.05) is 12.1 Å². The summed E-state index contributed by atoms with van der Waals surface area (Å²) >= 11 is 0. The van der Waals surface area contributed by atoms with Gasteiger partial charge in [0.1, 0.15) is 5.75 Å². The number of alkyl halides is 2. The van der Waals surface area contributed by atoms with Gasteiger partial charge in [0.25, 0.3) is 5.91 Å². The molecule has 0 bridgehead atoms. The molecule has 9 heteroatoms. The van der Waals surface area contributed by atoms with Gasteiger partial charge in [0, 0.05) is 19.2 Å². The van der Waals surface area contributed by atoms with Crippen LogP contribution in [-0.2, 0) is 20.9 Å². The Morgan fingerprint density at radius 3 is 2.21 bits per heavy atom. The molecule has 0 saturated heterocycles. The first kappa shape index (κ1) is 20.8. The van der Waals surface area contributed by atoms with E-state index in [1.807, 2.05) is 0 Å². The molecule has 2 amide bonds. The first-order chi connectivity index (χ1) is 13.3. The molecule has 0 unspecified atom stereocenters. The topological polar surface area (TPSA) is 93.7 Å². The molecular weight excluding hydrogens is 374 g/mol.